The van der Waals surface area contributed by atoms with Crippen LogP contribution in [0.3, 0.4) is 0 Å². The number of aryl methyl sites for hydroxylation is 1. The number of rotatable bonds is 4. The third kappa shape index (κ3) is 2.84. The van der Waals surface area contributed by atoms with Crippen LogP contribution >= 0.6 is 0 Å². The minimum atomic E-state index is -0.988. The van der Waals surface area contributed by atoms with Gasteiger partial charge in [-0.3, -0.25) is 14.6 Å². The lowest BCUT2D eigenvalue weighted by Crippen LogP contribution is -2.39. The molecule has 2 atom stereocenters. The van der Waals surface area contributed by atoms with Gasteiger partial charge in [-0.2, -0.15) is 10.1 Å². The fourth-order valence-corrected chi connectivity index (χ4v) is 3.49. The second-order valence-electron chi connectivity index (χ2n) is 7.02. The van der Waals surface area contributed by atoms with Crippen LogP contribution in [0.25, 0.3) is 11.4 Å². The summed E-state index contributed by atoms with van der Waals surface area (Å²) in [5.74, 6) is -0.934. The average Bonchev–Trinajstić information content (AvgIpc) is 3.44. The van der Waals surface area contributed by atoms with Crippen molar-refractivity contribution in [2.75, 3.05) is 4.90 Å². The largest absolute Gasteiger partial charge is 0.337 e. The summed E-state index contributed by atoms with van der Waals surface area (Å²) in [6.07, 6.45) is 0. The second kappa shape index (κ2) is 6.83. The van der Waals surface area contributed by atoms with E-state index < -0.39 is 29.7 Å². The van der Waals surface area contributed by atoms with E-state index in [1.54, 1.807) is 6.92 Å². The van der Waals surface area contributed by atoms with Gasteiger partial charge in [-0.1, -0.05) is 46.8 Å². The Morgan fingerprint density at radius 2 is 1.90 bits per heavy atom. The lowest BCUT2D eigenvalue weighted by atomic mass is 10.1. The van der Waals surface area contributed by atoms with Gasteiger partial charge >= 0.3 is 0 Å². The van der Waals surface area contributed by atoms with Gasteiger partial charge < -0.3 is 4.52 Å². The summed E-state index contributed by atoms with van der Waals surface area (Å²) in [6.45, 7) is 1.62. The molecule has 0 bridgehead atoms. The van der Waals surface area contributed by atoms with E-state index in [4.69, 9.17) is 4.52 Å². The SMILES string of the molecule is Cc1ccc(N2C(=O)[C@@H]3N=NN(Cc4nc(-c5ccccc5)no4)[C@H]3C2=O)cc1F. The van der Waals surface area contributed by atoms with Gasteiger partial charge in [0.15, 0.2) is 12.1 Å². The normalized spacial score (nSPS) is 20.3. The molecule has 5 rings (SSSR count). The third-order valence-electron chi connectivity index (χ3n) is 5.07. The van der Waals surface area contributed by atoms with Crippen LogP contribution in [0.4, 0.5) is 10.1 Å². The zero-order valence-corrected chi connectivity index (χ0v) is 15.8. The summed E-state index contributed by atoms with van der Waals surface area (Å²) >= 11 is 0. The van der Waals surface area contributed by atoms with Gasteiger partial charge in [0.2, 0.25) is 11.7 Å². The number of carbonyl (C=O) groups excluding carboxylic acids is 2. The van der Waals surface area contributed by atoms with E-state index in [9.17, 15) is 14.0 Å². The first-order chi connectivity index (χ1) is 14.5. The van der Waals surface area contributed by atoms with Gasteiger partial charge in [0.25, 0.3) is 11.8 Å². The van der Waals surface area contributed by atoms with E-state index in [1.165, 1.54) is 17.1 Å². The van der Waals surface area contributed by atoms with Gasteiger partial charge in [-0.05, 0) is 24.6 Å². The molecule has 10 heteroatoms. The molecule has 2 amide bonds. The first-order valence-electron chi connectivity index (χ1n) is 9.22. The van der Waals surface area contributed by atoms with E-state index in [2.05, 4.69) is 20.5 Å². The Labute approximate surface area is 169 Å². The van der Waals surface area contributed by atoms with Crippen molar-refractivity contribution in [3.63, 3.8) is 0 Å². The van der Waals surface area contributed by atoms with Crippen LogP contribution in [0.2, 0.25) is 0 Å². The van der Waals surface area contributed by atoms with E-state index >= 15 is 0 Å². The molecule has 1 aromatic heterocycles. The molecular formula is C20H15FN6O3. The molecule has 2 aliphatic heterocycles. The molecule has 3 aromatic rings. The minimum absolute atomic E-state index is 0.0135. The van der Waals surface area contributed by atoms with Gasteiger partial charge in [0.1, 0.15) is 12.4 Å². The number of carbonyl (C=O) groups is 2. The van der Waals surface area contributed by atoms with Crippen LogP contribution in [0, 0.1) is 12.7 Å². The standard InChI is InChI=1S/C20H15FN6O3/c1-11-7-8-13(9-14(11)21)27-19(28)16-17(20(27)29)26(25-23-16)10-15-22-18(24-30-15)12-5-3-2-4-6-12/h2-9,16-17H,10H2,1H3/t16-,17-/m1/s1. The predicted molar refractivity (Wildman–Crippen MR) is 101 cm³/mol. The van der Waals surface area contributed by atoms with Crippen LogP contribution in [0.5, 0.6) is 0 Å². The highest BCUT2D eigenvalue weighted by molar-refractivity contribution is 6.25. The lowest BCUT2D eigenvalue weighted by Gasteiger charge is -2.19. The molecule has 9 nitrogen and oxygen atoms in total. The summed E-state index contributed by atoms with van der Waals surface area (Å²) < 4.78 is 19.2. The molecule has 30 heavy (non-hydrogen) atoms. The maximum absolute atomic E-state index is 14.0. The zero-order chi connectivity index (χ0) is 20.8. The van der Waals surface area contributed by atoms with Crippen LogP contribution < -0.4 is 4.90 Å². The molecular weight excluding hydrogens is 391 g/mol. The Morgan fingerprint density at radius 1 is 1.10 bits per heavy atom. The molecule has 0 spiro atoms. The molecule has 0 N–H and O–H groups in total. The fourth-order valence-electron chi connectivity index (χ4n) is 3.49. The van der Waals surface area contributed by atoms with E-state index in [1.807, 2.05) is 30.3 Å². The molecule has 0 unspecified atom stereocenters. The van der Waals surface area contributed by atoms with Crippen molar-refractivity contribution in [3.05, 3.63) is 65.8 Å². The lowest BCUT2D eigenvalue weighted by molar-refractivity contribution is -0.123. The average molecular weight is 406 g/mol. The number of aromatic nitrogens is 2. The van der Waals surface area contributed by atoms with Crippen molar-refractivity contribution < 1.29 is 18.5 Å². The summed E-state index contributed by atoms with van der Waals surface area (Å²) in [5.41, 5.74) is 1.37. The zero-order valence-electron chi connectivity index (χ0n) is 15.8. The van der Waals surface area contributed by atoms with Crippen molar-refractivity contribution in [1.82, 2.24) is 15.1 Å². The summed E-state index contributed by atoms with van der Waals surface area (Å²) in [4.78, 5) is 31.0. The summed E-state index contributed by atoms with van der Waals surface area (Å²) in [5, 5.41) is 13.2. The predicted octanol–water partition coefficient (Wildman–Crippen LogP) is 2.68. The first kappa shape index (κ1) is 18.1. The number of halogens is 1. The van der Waals surface area contributed by atoms with Crippen molar-refractivity contribution in [2.24, 2.45) is 10.3 Å². The molecule has 1 fully saturated rings. The van der Waals surface area contributed by atoms with Crippen LogP contribution in [0.1, 0.15) is 11.5 Å². The summed E-state index contributed by atoms with van der Waals surface area (Å²) in [7, 11) is 0. The van der Waals surface area contributed by atoms with E-state index in [-0.39, 0.29) is 18.1 Å². The molecule has 150 valence electrons. The number of anilines is 1. The minimum Gasteiger partial charge on any atom is -0.337 e. The highest BCUT2D eigenvalue weighted by atomic mass is 19.1. The molecule has 1 saturated heterocycles. The molecule has 0 aliphatic carbocycles. The van der Waals surface area contributed by atoms with Crippen molar-refractivity contribution >= 4 is 17.5 Å². The van der Waals surface area contributed by atoms with Crippen molar-refractivity contribution in [3.8, 4) is 11.4 Å². The maximum atomic E-state index is 14.0. The maximum Gasteiger partial charge on any atom is 0.263 e. The summed E-state index contributed by atoms with van der Waals surface area (Å²) in [6, 6.07) is 11.6. The smallest absolute Gasteiger partial charge is 0.263 e. The number of imide groups is 1. The number of hydrogen-bond donors (Lipinski definition) is 0. The Hall–Kier alpha value is -3.95. The Bertz CT molecular complexity index is 1180. The topological polar surface area (TPSA) is 104 Å². The van der Waals surface area contributed by atoms with Gasteiger partial charge in [0, 0.05) is 5.56 Å². The second-order valence-corrected chi connectivity index (χ2v) is 7.02. The highest BCUT2D eigenvalue weighted by Crippen LogP contribution is 2.33. The Balaban J connectivity index is 1.38. The van der Waals surface area contributed by atoms with E-state index in [0.717, 1.165) is 16.5 Å². The van der Waals surface area contributed by atoms with Crippen LogP contribution in [0.15, 0.2) is 63.4 Å². The monoisotopic (exact) mass is 406 g/mol. The molecule has 2 aromatic carbocycles. The van der Waals surface area contributed by atoms with E-state index in [0.29, 0.717) is 11.4 Å². The number of nitrogens with zero attached hydrogens (tertiary/aromatic N) is 6. The van der Waals surface area contributed by atoms with Crippen molar-refractivity contribution in [2.45, 2.75) is 25.6 Å². The Kier molecular flexibility index (Phi) is 4.12. The number of benzene rings is 2. The fraction of sp³-hybridized carbons (Fsp3) is 0.200. The quantitative estimate of drug-likeness (QED) is 0.617. The van der Waals surface area contributed by atoms with Gasteiger partial charge in [-0.25, -0.2) is 9.29 Å². The number of amides is 2. The molecule has 0 saturated carbocycles. The number of fused-ring (bicyclic) bond motifs is 1. The van der Waals surface area contributed by atoms with Crippen LogP contribution in [-0.2, 0) is 16.1 Å². The third-order valence-corrected chi connectivity index (χ3v) is 5.07. The first-order valence-corrected chi connectivity index (χ1v) is 9.22. The number of hydrogen-bond acceptors (Lipinski definition) is 8. The van der Waals surface area contributed by atoms with Gasteiger partial charge in [0.05, 0.1) is 5.69 Å². The molecule has 3 heterocycles. The van der Waals surface area contributed by atoms with Gasteiger partial charge in [-0.15, -0.1) is 0 Å². The van der Waals surface area contributed by atoms with Crippen LogP contribution in [-0.4, -0.2) is 39.0 Å². The molecule has 2 aliphatic rings. The Morgan fingerprint density at radius 3 is 2.67 bits per heavy atom. The van der Waals surface area contributed by atoms with Crippen molar-refractivity contribution in [1.29, 1.82) is 0 Å². The highest BCUT2D eigenvalue weighted by Gasteiger charge is 2.55. The molecule has 0 radical (unpaired) electrons.